The highest BCUT2D eigenvalue weighted by atomic mass is 15.1. The summed E-state index contributed by atoms with van der Waals surface area (Å²) in [6.45, 7) is 5.13. The molecule has 1 aliphatic carbocycles. The summed E-state index contributed by atoms with van der Waals surface area (Å²) < 4.78 is 2.28. The number of aryl methyl sites for hydroxylation is 1. The molecule has 1 heterocycles. The highest BCUT2D eigenvalue weighted by Crippen LogP contribution is 2.44. The Bertz CT molecular complexity index is 314. The Balaban J connectivity index is 2.34. The summed E-state index contributed by atoms with van der Waals surface area (Å²) in [5.74, 6) is 0.756. The highest BCUT2D eigenvalue weighted by molar-refractivity contribution is 5.08. The van der Waals surface area contributed by atoms with Gasteiger partial charge in [-0.15, -0.1) is 0 Å². The molecule has 0 spiro atoms. The van der Waals surface area contributed by atoms with Crippen molar-refractivity contribution in [3.05, 3.63) is 18.2 Å². The van der Waals surface area contributed by atoms with Crippen LogP contribution in [0.4, 0.5) is 0 Å². The Morgan fingerprint density at radius 1 is 1.64 bits per heavy atom. The second kappa shape index (κ2) is 3.39. The first-order chi connectivity index (χ1) is 6.72. The molecule has 0 aliphatic heterocycles. The van der Waals surface area contributed by atoms with Crippen LogP contribution in [0.1, 0.15) is 32.4 Å². The third kappa shape index (κ3) is 1.36. The lowest BCUT2D eigenvalue weighted by atomic mass is 9.95. The van der Waals surface area contributed by atoms with Crippen LogP contribution >= 0.6 is 0 Å². The second-order valence-electron chi connectivity index (χ2n) is 4.44. The van der Waals surface area contributed by atoms with Gasteiger partial charge in [0.15, 0.2) is 0 Å². The van der Waals surface area contributed by atoms with Crippen LogP contribution in [0, 0.1) is 5.92 Å². The molecule has 0 amide bonds. The summed E-state index contributed by atoms with van der Waals surface area (Å²) in [5.41, 5.74) is 7.31. The Morgan fingerprint density at radius 2 is 2.36 bits per heavy atom. The van der Waals surface area contributed by atoms with Gasteiger partial charge in [0.05, 0.1) is 11.9 Å². The minimum absolute atomic E-state index is 0.0991. The maximum absolute atomic E-state index is 5.91. The average molecular weight is 193 g/mol. The maximum Gasteiger partial charge on any atom is 0.0953 e. The molecule has 0 saturated heterocycles. The first kappa shape index (κ1) is 9.71. The maximum atomic E-state index is 5.91. The SMILES string of the molecule is CCc1cncn1C(C)(CN)C1CC1. The molecule has 0 radical (unpaired) electrons. The van der Waals surface area contributed by atoms with Crippen LogP contribution < -0.4 is 5.73 Å². The van der Waals surface area contributed by atoms with Crippen LogP contribution in [-0.2, 0) is 12.0 Å². The molecule has 2 rings (SSSR count). The summed E-state index contributed by atoms with van der Waals surface area (Å²) in [6.07, 6.45) is 7.55. The highest BCUT2D eigenvalue weighted by Gasteiger charge is 2.42. The van der Waals surface area contributed by atoms with E-state index in [2.05, 4.69) is 23.4 Å². The van der Waals surface area contributed by atoms with E-state index in [0.29, 0.717) is 6.54 Å². The van der Waals surface area contributed by atoms with E-state index in [1.165, 1.54) is 18.5 Å². The number of rotatable bonds is 4. The van der Waals surface area contributed by atoms with E-state index >= 15 is 0 Å². The zero-order chi connectivity index (χ0) is 10.2. The van der Waals surface area contributed by atoms with Crippen molar-refractivity contribution in [2.45, 2.75) is 38.6 Å². The predicted octanol–water partition coefficient (Wildman–Crippen LogP) is 1.53. The van der Waals surface area contributed by atoms with Crippen LogP contribution in [0.3, 0.4) is 0 Å². The van der Waals surface area contributed by atoms with E-state index in [1.54, 1.807) is 0 Å². The van der Waals surface area contributed by atoms with E-state index < -0.39 is 0 Å². The zero-order valence-electron chi connectivity index (χ0n) is 9.03. The van der Waals surface area contributed by atoms with Gasteiger partial charge < -0.3 is 10.3 Å². The number of nitrogens with two attached hydrogens (primary N) is 1. The van der Waals surface area contributed by atoms with E-state index in [1.807, 2.05) is 12.5 Å². The molecule has 1 atom stereocenters. The summed E-state index contributed by atoms with van der Waals surface area (Å²) in [4.78, 5) is 4.22. The lowest BCUT2D eigenvalue weighted by Crippen LogP contribution is -2.40. The first-order valence-corrected chi connectivity index (χ1v) is 5.44. The van der Waals surface area contributed by atoms with Crippen LogP contribution in [-0.4, -0.2) is 16.1 Å². The molecule has 2 N–H and O–H groups in total. The van der Waals surface area contributed by atoms with Crippen LogP contribution in [0.25, 0.3) is 0 Å². The van der Waals surface area contributed by atoms with Crippen molar-refractivity contribution in [1.29, 1.82) is 0 Å². The largest absolute Gasteiger partial charge is 0.328 e. The Morgan fingerprint density at radius 3 is 2.86 bits per heavy atom. The van der Waals surface area contributed by atoms with Gasteiger partial charge in [-0.05, 0) is 32.1 Å². The van der Waals surface area contributed by atoms with Gasteiger partial charge in [-0.3, -0.25) is 0 Å². The van der Waals surface area contributed by atoms with Crippen molar-refractivity contribution < 1.29 is 0 Å². The molecule has 3 heteroatoms. The van der Waals surface area contributed by atoms with Crippen molar-refractivity contribution in [1.82, 2.24) is 9.55 Å². The van der Waals surface area contributed by atoms with Crippen LogP contribution in [0.15, 0.2) is 12.5 Å². The van der Waals surface area contributed by atoms with Gasteiger partial charge in [0, 0.05) is 18.4 Å². The van der Waals surface area contributed by atoms with Crippen molar-refractivity contribution >= 4 is 0 Å². The average Bonchev–Trinajstić information content (AvgIpc) is 2.95. The fourth-order valence-corrected chi connectivity index (χ4v) is 2.21. The lowest BCUT2D eigenvalue weighted by molar-refractivity contribution is 0.274. The third-order valence-electron chi connectivity index (χ3n) is 3.50. The van der Waals surface area contributed by atoms with Crippen molar-refractivity contribution in [3.63, 3.8) is 0 Å². The topological polar surface area (TPSA) is 43.8 Å². The monoisotopic (exact) mass is 193 g/mol. The zero-order valence-corrected chi connectivity index (χ0v) is 9.03. The number of nitrogens with zero attached hydrogens (tertiary/aromatic N) is 2. The summed E-state index contributed by atoms with van der Waals surface area (Å²) in [7, 11) is 0. The van der Waals surface area contributed by atoms with Crippen LogP contribution in [0.2, 0.25) is 0 Å². The van der Waals surface area contributed by atoms with Gasteiger partial charge in [0.25, 0.3) is 0 Å². The van der Waals surface area contributed by atoms with Gasteiger partial charge >= 0.3 is 0 Å². The van der Waals surface area contributed by atoms with Gasteiger partial charge in [-0.25, -0.2) is 4.98 Å². The Kier molecular flexibility index (Phi) is 2.35. The minimum Gasteiger partial charge on any atom is -0.328 e. The first-order valence-electron chi connectivity index (χ1n) is 5.44. The number of aromatic nitrogens is 2. The second-order valence-corrected chi connectivity index (χ2v) is 4.44. The fourth-order valence-electron chi connectivity index (χ4n) is 2.21. The number of hydrogen-bond acceptors (Lipinski definition) is 2. The van der Waals surface area contributed by atoms with Gasteiger partial charge in [-0.1, -0.05) is 6.92 Å². The number of imidazole rings is 1. The number of hydrogen-bond donors (Lipinski definition) is 1. The molecule has 14 heavy (non-hydrogen) atoms. The molecule has 3 nitrogen and oxygen atoms in total. The van der Waals surface area contributed by atoms with Gasteiger partial charge in [0.2, 0.25) is 0 Å². The minimum atomic E-state index is 0.0991. The molecular formula is C11H19N3. The predicted molar refractivity (Wildman–Crippen MR) is 57.0 cm³/mol. The summed E-state index contributed by atoms with van der Waals surface area (Å²) >= 11 is 0. The normalized spacial score (nSPS) is 20.8. The van der Waals surface area contributed by atoms with Crippen molar-refractivity contribution in [3.8, 4) is 0 Å². The van der Waals surface area contributed by atoms with Gasteiger partial charge in [-0.2, -0.15) is 0 Å². The Labute approximate surface area is 85.3 Å². The van der Waals surface area contributed by atoms with E-state index in [4.69, 9.17) is 5.73 Å². The standard InChI is InChI=1S/C11H19N3/c1-3-10-6-13-8-14(10)11(2,7-12)9-4-5-9/h6,8-9H,3-5,7,12H2,1-2H3. The van der Waals surface area contributed by atoms with E-state index in [-0.39, 0.29) is 5.54 Å². The van der Waals surface area contributed by atoms with E-state index in [0.717, 1.165) is 12.3 Å². The van der Waals surface area contributed by atoms with Crippen molar-refractivity contribution in [2.24, 2.45) is 11.7 Å². The molecule has 1 aromatic rings. The van der Waals surface area contributed by atoms with E-state index in [9.17, 15) is 0 Å². The van der Waals surface area contributed by atoms with Crippen LogP contribution in [0.5, 0.6) is 0 Å². The molecule has 1 unspecified atom stereocenters. The summed E-state index contributed by atoms with van der Waals surface area (Å²) in [6, 6.07) is 0. The van der Waals surface area contributed by atoms with Gasteiger partial charge in [0.1, 0.15) is 0 Å². The smallest absolute Gasteiger partial charge is 0.0953 e. The molecule has 0 aromatic carbocycles. The lowest BCUT2D eigenvalue weighted by Gasteiger charge is -2.31. The molecule has 0 bridgehead atoms. The molecule has 1 aliphatic rings. The molecule has 1 aromatic heterocycles. The molecule has 1 saturated carbocycles. The molecule has 78 valence electrons. The fraction of sp³-hybridized carbons (Fsp3) is 0.727. The Hall–Kier alpha value is -0.830. The summed E-state index contributed by atoms with van der Waals surface area (Å²) in [5, 5.41) is 0. The third-order valence-corrected chi connectivity index (χ3v) is 3.50. The quantitative estimate of drug-likeness (QED) is 0.788. The molecule has 1 fully saturated rings. The van der Waals surface area contributed by atoms with Crippen molar-refractivity contribution in [2.75, 3.05) is 6.54 Å². The molecular weight excluding hydrogens is 174 g/mol.